The van der Waals surface area contributed by atoms with Gasteiger partial charge in [-0.3, -0.25) is 4.79 Å². The summed E-state index contributed by atoms with van der Waals surface area (Å²) in [5.74, 6) is 0. The number of anilines is 1. The van der Waals surface area contributed by atoms with Gasteiger partial charge >= 0.3 is 0 Å². The van der Waals surface area contributed by atoms with E-state index in [2.05, 4.69) is 10.4 Å². The number of aliphatic hydroxyl groups excluding tert-OH is 1. The number of aliphatic hydroxyl groups is 1. The van der Waals surface area contributed by atoms with Gasteiger partial charge in [0.1, 0.15) is 5.02 Å². The largest absolute Gasteiger partial charge is 0.394 e. The van der Waals surface area contributed by atoms with Gasteiger partial charge in [-0.15, -0.1) is 0 Å². The van der Waals surface area contributed by atoms with Crippen molar-refractivity contribution in [3.05, 3.63) is 21.6 Å². The van der Waals surface area contributed by atoms with Crippen LogP contribution in [0.1, 0.15) is 19.8 Å². The van der Waals surface area contributed by atoms with Crippen molar-refractivity contribution in [2.24, 2.45) is 0 Å². The molecule has 0 aliphatic carbocycles. The Balaban J connectivity index is 2.09. The van der Waals surface area contributed by atoms with Crippen LogP contribution in [0.2, 0.25) is 5.02 Å². The number of aromatic nitrogens is 2. The zero-order valence-corrected chi connectivity index (χ0v) is 11.6. The Labute approximate surface area is 116 Å². The summed E-state index contributed by atoms with van der Waals surface area (Å²) >= 11 is 6.01. The third-order valence-corrected chi connectivity index (χ3v) is 3.62. The van der Waals surface area contributed by atoms with Crippen molar-refractivity contribution >= 4 is 17.3 Å². The fraction of sp³-hybridized carbons (Fsp3) is 0.667. The van der Waals surface area contributed by atoms with Crippen molar-refractivity contribution in [2.75, 3.05) is 25.1 Å². The summed E-state index contributed by atoms with van der Waals surface area (Å²) in [4.78, 5) is 11.8. The van der Waals surface area contributed by atoms with Crippen LogP contribution in [-0.2, 0) is 11.3 Å². The number of ether oxygens (including phenoxy) is 1. The van der Waals surface area contributed by atoms with Crippen LogP contribution in [0, 0.1) is 0 Å². The molecule has 1 aliphatic heterocycles. The van der Waals surface area contributed by atoms with Crippen LogP contribution in [0.3, 0.4) is 0 Å². The molecule has 0 radical (unpaired) electrons. The maximum atomic E-state index is 11.8. The van der Waals surface area contributed by atoms with E-state index in [9.17, 15) is 4.79 Å². The van der Waals surface area contributed by atoms with Crippen LogP contribution in [-0.4, -0.2) is 40.2 Å². The van der Waals surface area contributed by atoms with Crippen molar-refractivity contribution in [2.45, 2.75) is 31.9 Å². The van der Waals surface area contributed by atoms with E-state index in [-0.39, 0.29) is 23.8 Å². The average molecular weight is 288 g/mol. The van der Waals surface area contributed by atoms with E-state index in [1.165, 1.54) is 6.20 Å². The first-order valence-electron chi connectivity index (χ1n) is 6.30. The number of nitrogens with one attached hydrogen (secondary N) is 1. The van der Waals surface area contributed by atoms with Gasteiger partial charge in [-0.05, 0) is 19.8 Å². The van der Waals surface area contributed by atoms with Crippen molar-refractivity contribution < 1.29 is 9.84 Å². The van der Waals surface area contributed by atoms with Crippen LogP contribution in [0.4, 0.5) is 5.69 Å². The van der Waals surface area contributed by atoms with E-state index < -0.39 is 5.56 Å². The maximum absolute atomic E-state index is 11.8. The molecule has 0 aromatic carbocycles. The zero-order valence-electron chi connectivity index (χ0n) is 10.9. The molecule has 19 heavy (non-hydrogen) atoms. The zero-order chi connectivity index (χ0) is 13.9. The van der Waals surface area contributed by atoms with Gasteiger partial charge in [-0.2, -0.15) is 5.10 Å². The normalized spacial score (nSPS) is 22.7. The smallest absolute Gasteiger partial charge is 0.287 e. The lowest BCUT2D eigenvalue weighted by Gasteiger charge is -2.24. The molecule has 2 rings (SSSR count). The molecule has 1 aromatic rings. The van der Waals surface area contributed by atoms with Gasteiger partial charge in [0.15, 0.2) is 0 Å². The lowest BCUT2D eigenvalue weighted by atomic mass is 10.0. The van der Waals surface area contributed by atoms with Gasteiger partial charge in [0, 0.05) is 13.2 Å². The SMILES string of the molecule is CC1(CNc2cnn(CCO)c(=O)c2Cl)CCCO1. The van der Waals surface area contributed by atoms with Crippen LogP contribution in [0.15, 0.2) is 11.0 Å². The van der Waals surface area contributed by atoms with Gasteiger partial charge in [-0.25, -0.2) is 4.68 Å². The van der Waals surface area contributed by atoms with Gasteiger partial charge < -0.3 is 15.2 Å². The van der Waals surface area contributed by atoms with Crippen molar-refractivity contribution in [3.63, 3.8) is 0 Å². The van der Waals surface area contributed by atoms with Crippen LogP contribution in [0.5, 0.6) is 0 Å². The molecule has 6 nitrogen and oxygen atoms in total. The Morgan fingerprint density at radius 3 is 3.11 bits per heavy atom. The molecule has 1 unspecified atom stereocenters. The Hall–Kier alpha value is -1.11. The van der Waals surface area contributed by atoms with E-state index in [0.29, 0.717) is 12.2 Å². The standard InChI is InChI=1S/C12H18ClN3O3/c1-12(3-2-6-19-12)8-14-9-7-15-16(4-5-17)11(18)10(9)13/h7,14,17H,2-6,8H2,1H3. The molecule has 0 spiro atoms. The first-order valence-corrected chi connectivity index (χ1v) is 6.68. The van der Waals surface area contributed by atoms with Crippen LogP contribution >= 0.6 is 11.6 Å². The van der Waals surface area contributed by atoms with Gasteiger partial charge in [-0.1, -0.05) is 11.6 Å². The molecule has 0 amide bonds. The lowest BCUT2D eigenvalue weighted by molar-refractivity contribution is 0.0315. The lowest BCUT2D eigenvalue weighted by Crippen LogP contribution is -2.33. The third-order valence-electron chi connectivity index (χ3n) is 3.25. The Kier molecular flexibility index (Phi) is 4.44. The Morgan fingerprint density at radius 1 is 1.68 bits per heavy atom. The molecular formula is C12H18ClN3O3. The molecular weight excluding hydrogens is 270 g/mol. The maximum Gasteiger partial charge on any atom is 0.287 e. The summed E-state index contributed by atoms with van der Waals surface area (Å²) in [5, 5.41) is 16.0. The predicted molar refractivity (Wildman–Crippen MR) is 72.7 cm³/mol. The fourth-order valence-corrected chi connectivity index (χ4v) is 2.31. The molecule has 106 valence electrons. The summed E-state index contributed by atoms with van der Waals surface area (Å²) in [5.41, 5.74) is -0.126. The molecule has 1 aliphatic rings. The highest BCUT2D eigenvalue weighted by molar-refractivity contribution is 6.32. The van der Waals surface area contributed by atoms with E-state index in [1.807, 2.05) is 6.92 Å². The molecule has 1 aromatic heterocycles. The summed E-state index contributed by atoms with van der Waals surface area (Å²) in [6.45, 7) is 3.36. The Morgan fingerprint density at radius 2 is 2.47 bits per heavy atom. The van der Waals surface area contributed by atoms with Crippen molar-refractivity contribution in [1.29, 1.82) is 0 Å². The van der Waals surface area contributed by atoms with E-state index in [1.54, 1.807) is 0 Å². The van der Waals surface area contributed by atoms with Gasteiger partial charge in [0.05, 0.1) is 30.6 Å². The Bertz CT molecular complexity index is 497. The molecule has 1 fully saturated rings. The second-order valence-electron chi connectivity index (χ2n) is 4.88. The molecule has 2 N–H and O–H groups in total. The first kappa shape index (κ1) is 14.3. The molecule has 0 saturated carbocycles. The highest BCUT2D eigenvalue weighted by Gasteiger charge is 2.29. The molecule has 2 heterocycles. The topological polar surface area (TPSA) is 76.4 Å². The molecule has 0 bridgehead atoms. The van der Waals surface area contributed by atoms with E-state index in [4.69, 9.17) is 21.4 Å². The minimum Gasteiger partial charge on any atom is -0.394 e. The average Bonchev–Trinajstić information content (AvgIpc) is 2.82. The quantitative estimate of drug-likeness (QED) is 0.840. The number of hydrogen-bond acceptors (Lipinski definition) is 5. The fourth-order valence-electron chi connectivity index (χ4n) is 2.10. The molecule has 7 heteroatoms. The predicted octanol–water partition coefficient (Wildman–Crippen LogP) is 0.870. The number of hydrogen-bond donors (Lipinski definition) is 2. The number of rotatable bonds is 5. The summed E-state index contributed by atoms with van der Waals surface area (Å²) < 4.78 is 6.79. The minimum absolute atomic E-state index is 0.0880. The van der Waals surface area contributed by atoms with Crippen LogP contribution < -0.4 is 10.9 Å². The minimum atomic E-state index is -0.404. The second kappa shape index (κ2) is 5.90. The van der Waals surface area contributed by atoms with Gasteiger partial charge in [0.25, 0.3) is 5.56 Å². The van der Waals surface area contributed by atoms with E-state index in [0.717, 1.165) is 24.1 Å². The highest BCUT2D eigenvalue weighted by atomic mass is 35.5. The van der Waals surface area contributed by atoms with E-state index >= 15 is 0 Å². The van der Waals surface area contributed by atoms with Crippen molar-refractivity contribution in [1.82, 2.24) is 9.78 Å². The summed E-state index contributed by atoms with van der Waals surface area (Å²) in [6.07, 6.45) is 3.52. The number of nitrogens with zero attached hydrogens (tertiary/aromatic N) is 2. The number of halogens is 1. The van der Waals surface area contributed by atoms with Crippen LogP contribution in [0.25, 0.3) is 0 Å². The highest BCUT2D eigenvalue weighted by Crippen LogP contribution is 2.26. The monoisotopic (exact) mass is 287 g/mol. The second-order valence-corrected chi connectivity index (χ2v) is 5.26. The third kappa shape index (κ3) is 3.26. The molecule has 1 saturated heterocycles. The summed E-state index contributed by atoms with van der Waals surface area (Å²) in [6, 6.07) is 0. The molecule has 1 atom stereocenters. The van der Waals surface area contributed by atoms with Crippen molar-refractivity contribution in [3.8, 4) is 0 Å². The van der Waals surface area contributed by atoms with Gasteiger partial charge in [0.2, 0.25) is 0 Å². The first-order chi connectivity index (χ1) is 9.06. The summed E-state index contributed by atoms with van der Waals surface area (Å²) in [7, 11) is 0.